The van der Waals surface area contributed by atoms with Crippen LogP contribution in [0.1, 0.15) is 29.2 Å². The monoisotopic (exact) mass is 504 g/mol. The van der Waals surface area contributed by atoms with Gasteiger partial charge in [-0.25, -0.2) is 15.0 Å². The highest BCUT2D eigenvalue weighted by molar-refractivity contribution is 6.20. The van der Waals surface area contributed by atoms with Crippen LogP contribution in [0.25, 0.3) is 5.57 Å². The van der Waals surface area contributed by atoms with Gasteiger partial charge in [-0.1, -0.05) is 36.9 Å². The number of primary amides is 1. The number of amides is 1. The lowest BCUT2D eigenvalue weighted by molar-refractivity contribution is -0.112. The van der Waals surface area contributed by atoms with E-state index in [0.29, 0.717) is 54.0 Å². The second kappa shape index (κ2) is 11.7. The van der Waals surface area contributed by atoms with E-state index in [0.717, 1.165) is 17.5 Å². The summed E-state index contributed by atoms with van der Waals surface area (Å²) in [7, 11) is 4.99. The predicted molar refractivity (Wildman–Crippen MR) is 144 cm³/mol. The zero-order valence-corrected chi connectivity index (χ0v) is 21.3. The van der Waals surface area contributed by atoms with Gasteiger partial charge in [0.25, 0.3) is 0 Å². The number of aromatic nitrogens is 2. The Morgan fingerprint density at radius 1 is 1.24 bits per heavy atom. The van der Waals surface area contributed by atoms with E-state index in [1.165, 1.54) is 6.33 Å². The molecule has 10 nitrogen and oxygen atoms in total. The molecule has 1 atom stereocenters. The molecule has 1 aromatic heterocycles. The molecule has 3 aromatic rings. The second-order valence-electron chi connectivity index (χ2n) is 8.45. The Balaban J connectivity index is 1.73. The van der Waals surface area contributed by atoms with Crippen LogP contribution < -0.4 is 26.2 Å². The quantitative estimate of drug-likeness (QED) is 0.334. The first-order valence-electron chi connectivity index (χ1n) is 11.9. The van der Waals surface area contributed by atoms with Crippen LogP contribution in [0.15, 0.2) is 55.4 Å². The molecule has 1 saturated heterocycles. The maximum atomic E-state index is 12.0. The highest BCUT2D eigenvalue weighted by atomic mass is 16.7. The van der Waals surface area contributed by atoms with E-state index in [2.05, 4.69) is 39.3 Å². The molecule has 2 heterocycles. The van der Waals surface area contributed by atoms with Crippen LogP contribution in [0.3, 0.4) is 0 Å². The summed E-state index contributed by atoms with van der Waals surface area (Å²) < 4.78 is 11.1. The average molecular weight is 505 g/mol. The number of benzene rings is 2. The van der Waals surface area contributed by atoms with Gasteiger partial charge in [-0.3, -0.25) is 9.63 Å². The summed E-state index contributed by atoms with van der Waals surface area (Å²) in [5.74, 6) is 1.11. The van der Waals surface area contributed by atoms with Crippen molar-refractivity contribution in [1.82, 2.24) is 9.97 Å². The molecule has 194 valence electrons. The van der Waals surface area contributed by atoms with Crippen molar-refractivity contribution in [2.45, 2.75) is 18.9 Å². The largest absolute Gasteiger partial charge is 0.494 e. The number of rotatable bonds is 11. The molecule has 0 bridgehead atoms. The molecule has 2 aromatic carbocycles. The number of nitrogens with one attached hydrogen (secondary N) is 2. The van der Waals surface area contributed by atoms with E-state index >= 15 is 0 Å². The molecule has 0 saturated carbocycles. The molecule has 0 spiro atoms. The maximum absolute atomic E-state index is 12.0. The van der Waals surface area contributed by atoms with Crippen LogP contribution in [0.5, 0.6) is 5.75 Å². The Labute approximate surface area is 216 Å². The molecular weight excluding hydrogens is 472 g/mol. The van der Waals surface area contributed by atoms with Gasteiger partial charge in [0.1, 0.15) is 17.9 Å². The van der Waals surface area contributed by atoms with Crippen LogP contribution in [0.2, 0.25) is 0 Å². The van der Waals surface area contributed by atoms with Crippen molar-refractivity contribution in [2.24, 2.45) is 5.73 Å². The average Bonchev–Trinajstić information content (AvgIpc) is 3.42. The number of ether oxygens (including phenoxy) is 2. The third-order valence-corrected chi connectivity index (χ3v) is 6.24. The standard InChI is InChI=1S/C27H32N6O4/c1-17(27(28)34)20-14-21(26(36-4)19(10-12-35-3)25(20)29-2)32-23-15-24(31-16-30-23)33-22(11-13-37-33)18-8-6-5-7-9-18/h5-9,14-16,22,29H,1,10-13H2,2-4H3,(H2,28,34)(H,30,31,32)/t22-/m1/s1. The molecule has 4 N–H and O–H groups in total. The van der Waals surface area contributed by atoms with Crippen LogP contribution in [0.4, 0.5) is 23.0 Å². The summed E-state index contributed by atoms with van der Waals surface area (Å²) in [6.07, 6.45) is 2.85. The van der Waals surface area contributed by atoms with E-state index in [1.807, 2.05) is 29.3 Å². The van der Waals surface area contributed by atoms with Gasteiger partial charge in [0.2, 0.25) is 5.91 Å². The van der Waals surface area contributed by atoms with Crippen molar-refractivity contribution in [3.05, 3.63) is 72.1 Å². The third-order valence-electron chi connectivity index (χ3n) is 6.24. The normalized spacial score (nSPS) is 14.9. The minimum absolute atomic E-state index is 0.0412. The Morgan fingerprint density at radius 2 is 2.03 bits per heavy atom. The Kier molecular flexibility index (Phi) is 8.22. The van der Waals surface area contributed by atoms with Crippen molar-refractivity contribution in [1.29, 1.82) is 0 Å². The van der Waals surface area contributed by atoms with Crippen molar-refractivity contribution in [3.8, 4) is 5.75 Å². The maximum Gasteiger partial charge on any atom is 0.248 e. The second-order valence-corrected chi connectivity index (χ2v) is 8.45. The van der Waals surface area contributed by atoms with Crippen LogP contribution in [-0.2, 0) is 20.8 Å². The van der Waals surface area contributed by atoms with E-state index in [4.69, 9.17) is 20.0 Å². The van der Waals surface area contributed by atoms with E-state index < -0.39 is 5.91 Å². The highest BCUT2D eigenvalue weighted by Crippen LogP contribution is 2.42. The molecule has 0 unspecified atom stereocenters. The number of methoxy groups -OCH3 is 2. The van der Waals surface area contributed by atoms with Gasteiger partial charge in [-0.15, -0.1) is 0 Å². The van der Waals surface area contributed by atoms with Gasteiger partial charge in [0, 0.05) is 55.5 Å². The van der Waals surface area contributed by atoms with Crippen molar-refractivity contribution >= 4 is 34.5 Å². The summed E-state index contributed by atoms with van der Waals surface area (Å²) in [4.78, 5) is 26.8. The fourth-order valence-corrected chi connectivity index (χ4v) is 4.49. The smallest absolute Gasteiger partial charge is 0.248 e. The van der Waals surface area contributed by atoms with Gasteiger partial charge in [-0.05, 0) is 11.6 Å². The first-order chi connectivity index (χ1) is 18.0. The van der Waals surface area contributed by atoms with Crippen LogP contribution in [0, 0.1) is 0 Å². The lowest BCUT2D eigenvalue weighted by Gasteiger charge is -2.24. The molecule has 0 aliphatic carbocycles. The summed E-state index contributed by atoms with van der Waals surface area (Å²) in [5, 5.41) is 8.30. The summed E-state index contributed by atoms with van der Waals surface area (Å²) >= 11 is 0. The van der Waals surface area contributed by atoms with Gasteiger partial charge in [0.15, 0.2) is 5.82 Å². The topological polar surface area (TPSA) is 124 Å². The van der Waals surface area contributed by atoms with Gasteiger partial charge in [0.05, 0.1) is 32.1 Å². The third kappa shape index (κ3) is 5.50. The molecule has 37 heavy (non-hydrogen) atoms. The Bertz CT molecular complexity index is 1270. The fourth-order valence-electron chi connectivity index (χ4n) is 4.49. The van der Waals surface area contributed by atoms with E-state index in [9.17, 15) is 4.79 Å². The number of hydrogen-bond donors (Lipinski definition) is 3. The van der Waals surface area contributed by atoms with Crippen molar-refractivity contribution < 1.29 is 19.1 Å². The molecule has 1 aliphatic rings. The molecule has 1 aliphatic heterocycles. The van der Waals surface area contributed by atoms with Gasteiger partial charge in [-0.2, -0.15) is 0 Å². The first-order valence-corrected chi connectivity index (χ1v) is 11.9. The van der Waals surface area contributed by atoms with E-state index in [1.54, 1.807) is 27.3 Å². The van der Waals surface area contributed by atoms with Crippen LogP contribution in [-0.4, -0.2) is 50.4 Å². The molecular formula is C27H32N6O4. The summed E-state index contributed by atoms with van der Waals surface area (Å²) in [6.45, 7) is 4.94. The van der Waals surface area contributed by atoms with Crippen molar-refractivity contribution in [3.63, 3.8) is 0 Å². The van der Waals surface area contributed by atoms with Crippen LogP contribution >= 0.6 is 0 Å². The zero-order chi connectivity index (χ0) is 26.4. The number of nitrogens with zero attached hydrogens (tertiary/aromatic N) is 3. The lowest BCUT2D eigenvalue weighted by Crippen LogP contribution is -2.22. The lowest BCUT2D eigenvalue weighted by atomic mass is 9.96. The summed E-state index contributed by atoms with van der Waals surface area (Å²) in [5.41, 5.74) is 9.57. The molecule has 0 radical (unpaired) electrons. The molecule has 10 heteroatoms. The molecule has 4 rings (SSSR count). The molecule has 1 amide bonds. The number of nitrogens with two attached hydrogens (primary N) is 1. The summed E-state index contributed by atoms with van der Waals surface area (Å²) in [6, 6.07) is 13.8. The van der Waals surface area contributed by atoms with E-state index in [-0.39, 0.29) is 11.6 Å². The minimum Gasteiger partial charge on any atom is -0.494 e. The first kappa shape index (κ1) is 25.9. The van der Waals surface area contributed by atoms with Gasteiger partial charge < -0.3 is 25.8 Å². The number of carbonyl (C=O) groups is 1. The minimum atomic E-state index is -0.618. The fraction of sp³-hybridized carbons (Fsp3) is 0.296. The predicted octanol–water partition coefficient (Wildman–Crippen LogP) is 3.84. The number of hydrogen-bond acceptors (Lipinski definition) is 9. The molecule has 1 fully saturated rings. The Morgan fingerprint density at radius 3 is 2.70 bits per heavy atom. The number of hydroxylamine groups is 1. The van der Waals surface area contributed by atoms with Crippen molar-refractivity contribution in [2.75, 3.05) is 50.2 Å². The SMILES string of the molecule is C=C(C(N)=O)c1cc(Nc2cc(N3OCC[C@@H]3c3ccccc3)ncn2)c(OC)c(CCOC)c1NC. The Hall–Kier alpha value is -4.15. The number of anilines is 4. The van der Waals surface area contributed by atoms with Gasteiger partial charge >= 0.3 is 0 Å². The highest BCUT2D eigenvalue weighted by Gasteiger charge is 2.29. The number of carbonyl (C=O) groups excluding carboxylic acids is 1. The zero-order valence-electron chi connectivity index (χ0n) is 21.3.